The van der Waals surface area contributed by atoms with E-state index < -0.39 is 0 Å². The Labute approximate surface area is 96.0 Å². The molecule has 1 rings (SSSR count). The molecular formula is C9H10Cl2Ru. The summed E-state index contributed by atoms with van der Waals surface area (Å²) in [6.07, 6.45) is 0. The summed E-state index contributed by atoms with van der Waals surface area (Å²) in [4.78, 5) is 0. The molecule has 0 spiro atoms. The second kappa shape index (κ2) is 4.60. The Hall–Kier alpha value is 0.423. The van der Waals surface area contributed by atoms with Crippen LogP contribution in [0.25, 0.3) is 0 Å². The fourth-order valence-corrected chi connectivity index (χ4v) is 1.49. The molecule has 0 saturated carbocycles. The van der Waals surface area contributed by atoms with Crippen LogP contribution >= 0.6 is 23.2 Å². The van der Waals surface area contributed by atoms with Gasteiger partial charge < -0.3 is 0 Å². The van der Waals surface area contributed by atoms with Crippen molar-refractivity contribution in [2.24, 2.45) is 0 Å². The van der Waals surface area contributed by atoms with Gasteiger partial charge in [0, 0.05) is 29.5 Å². The second-order valence-electron chi connectivity index (χ2n) is 2.76. The van der Waals surface area contributed by atoms with E-state index in [-0.39, 0.29) is 19.5 Å². The Balaban J connectivity index is 0.00000121. The van der Waals surface area contributed by atoms with E-state index in [0.29, 0.717) is 0 Å². The van der Waals surface area contributed by atoms with Gasteiger partial charge in [0.05, 0.1) is 0 Å². The zero-order valence-corrected chi connectivity index (χ0v) is 10.4. The molecule has 0 amide bonds. The van der Waals surface area contributed by atoms with Crippen molar-refractivity contribution in [3.8, 4) is 0 Å². The summed E-state index contributed by atoms with van der Waals surface area (Å²) < 4.78 is 0. The summed E-state index contributed by atoms with van der Waals surface area (Å²) in [6.45, 7) is 5.90. The molecule has 0 saturated heterocycles. The van der Waals surface area contributed by atoms with Gasteiger partial charge >= 0.3 is 0 Å². The van der Waals surface area contributed by atoms with Crippen molar-refractivity contribution < 1.29 is 19.5 Å². The SMILES string of the molecule is Cc1cc(C)c(Cl)c(C)c1Cl.[Ru]. The van der Waals surface area contributed by atoms with Gasteiger partial charge in [0.25, 0.3) is 0 Å². The van der Waals surface area contributed by atoms with Crippen LogP contribution in [-0.4, -0.2) is 0 Å². The predicted molar refractivity (Wildman–Crippen MR) is 50.7 cm³/mol. The van der Waals surface area contributed by atoms with Crippen LogP contribution in [0.4, 0.5) is 0 Å². The Bertz CT molecular complexity index is 269. The minimum atomic E-state index is 0. The quantitative estimate of drug-likeness (QED) is 0.635. The van der Waals surface area contributed by atoms with Crippen molar-refractivity contribution in [2.75, 3.05) is 0 Å². The molecule has 0 atom stereocenters. The first-order valence-electron chi connectivity index (χ1n) is 3.46. The largest absolute Gasteiger partial charge is 0.0837 e. The first-order valence-corrected chi connectivity index (χ1v) is 4.21. The van der Waals surface area contributed by atoms with E-state index in [1.807, 2.05) is 26.8 Å². The minimum absolute atomic E-state index is 0. The molecule has 0 aliphatic carbocycles. The van der Waals surface area contributed by atoms with Crippen LogP contribution < -0.4 is 0 Å². The van der Waals surface area contributed by atoms with Gasteiger partial charge in [0.15, 0.2) is 0 Å². The molecule has 3 heteroatoms. The smallest absolute Gasteiger partial charge is 0.0479 e. The average Bonchev–Trinajstić information content (AvgIpc) is 1.97. The summed E-state index contributed by atoms with van der Waals surface area (Å²) in [5.74, 6) is 0. The maximum absolute atomic E-state index is 5.97. The van der Waals surface area contributed by atoms with Gasteiger partial charge in [-0.25, -0.2) is 0 Å². The third kappa shape index (κ3) is 2.22. The van der Waals surface area contributed by atoms with Crippen LogP contribution in [0.3, 0.4) is 0 Å². The van der Waals surface area contributed by atoms with Gasteiger partial charge in [-0.1, -0.05) is 29.3 Å². The Morgan fingerprint density at radius 1 is 0.917 bits per heavy atom. The van der Waals surface area contributed by atoms with E-state index in [1.54, 1.807) is 0 Å². The summed E-state index contributed by atoms with van der Waals surface area (Å²) >= 11 is 11.9. The standard InChI is InChI=1S/C9H10Cl2.Ru/c1-5-4-6(2)9(11)7(3)8(5)10;/h4H,1-3H3;. The van der Waals surface area contributed by atoms with Crippen molar-refractivity contribution in [1.82, 2.24) is 0 Å². The van der Waals surface area contributed by atoms with Crippen LogP contribution in [0.15, 0.2) is 6.07 Å². The van der Waals surface area contributed by atoms with Crippen molar-refractivity contribution >= 4 is 23.2 Å². The van der Waals surface area contributed by atoms with Crippen molar-refractivity contribution in [2.45, 2.75) is 20.8 Å². The molecule has 1 aromatic rings. The topological polar surface area (TPSA) is 0 Å². The number of benzene rings is 1. The van der Waals surface area contributed by atoms with Gasteiger partial charge in [-0.2, -0.15) is 0 Å². The number of hydrogen-bond acceptors (Lipinski definition) is 0. The van der Waals surface area contributed by atoms with Crippen LogP contribution in [0.1, 0.15) is 16.7 Å². The fraction of sp³-hybridized carbons (Fsp3) is 0.333. The second-order valence-corrected chi connectivity index (χ2v) is 3.52. The molecule has 12 heavy (non-hydrogen) atoms. The minimum Gasteiger partial charge on any atom is -0.0837 e. The zero-order chi connectivity index (χ0) is 8.59. The molecule has 0 aliphatic heterocycles. The molecule has 0 unspecified atom stereocenters. The van der Waals surface area contributed by atoms with Gasteiger partial charge in [0.2, 0.25) is 0 Å². The van der Waals surface area contributed by atoms with Crippen molar-refractivity contribution in [1.29, 1.82) is 0 Å². The predicted octanol–water partition coefficient (Wildman–Crippen LogP) is 3.92. The Kier molecular flexibility index (Phi) is 4.76. The van der Waals surface area contributed by atoms with Gasteiger partial charge in [-0.3, -0.25) is 0 Å². The third-order valence-electron chi connectivity index (χ3n) is 1.78. The number of halogens is 2. The molecule has 0 aromatic heterocycles. The van der Waals surface area contributed by atoms with Crippen molar-refractivity contribution in [3.05, 3.63) is 32.8 Å². The molecule has 0 radical (unpaired) electrons. The molecule has 0 N–H and O–H groups in total. The monoisotopic (exact) mass is 290 g/mol. The van der Waals surface area contributed by atoms with E-state index in [1.165, 1.54) is 0 Å². The van der Waals surface area contributed by atoms with E-state index >= 15 is 0 Å². The van der Waals surface area contributed by atoms with E-state index in [9.17, 15) is 0 Å². The molecule has 68 valence electrons. The van der Waals surface area contributed by atoms with Gasteiger partial charge in [-0.15, -0.1) is 0 Å². The normalized spacial score (nSPS) is 9.42. The maximum Gasteiger partial charge on any atom is 0.0479 e. The fourth-order valence-electron chi connectivity index (χ4n) is 1.14. The van der Waals surface area contributed by atoms with Crippen molar-refractivity contribution in [3.63, 3.8) is 0 Å². The Morgan fingerprint density at radius 2 is 1.25 bits per heavy atom. The van der Waals surface area contributed by atoms with Crippen LogP contribution in [0, 0.1) is 20.8 Å². The first-order chi connectivity index (χ1) is 5.04. The molecule has 0 aliphatic rings. The summed E-state index contributed by atoms with van der Waals surface area (Å²) in [5.41, 5.74) is 3.16. The van der Waals surface area contributed by atoms with E-state index in [4.69, 9.17) is 23.2 Å². The molecule has 0 fully saturated rings. The molecule has 0 heterocycles. The number of rotatable bonds is 0. The number of hydrogen-bond donors (Lipinski definition) is 0. The van der Waals surface area contributed by atoms with E-state index in [2.05, 4.69) is 0 Å². The van der Waals surface area contributed by atoms with Gasteiger partial charge in [0.1, 0.15) is 0 Å². The molecule has 0 nitrogen and oxygen atoms in total. The van der Waals surface area contributed by atoms with E-state index in [0.717, 1.165) is 26.7 Å². The summed E-state index contributed by atoms with van der Waals surface area (Å²) in [7, 11) is 0. The van der Waals surface area contributed by atoms with Crippen LogP contribution in [0.5, 0.6) is 0 Å². The molecular weight excluding hydrogens is 280 g/mol. The Morgan fingerprint density at radius 3 is 1.58 bits per heavy atom. The summed E-state index contributed by atoms with van der Waals surface area (Å²) in [5, 5.41) is 1.56. The van der Waals surface area contributed by atoms with Crippen LogP contribution in [-0.2, 0) is 19.5 Å². The zero-order valence-electron chi connectivity index (χ0n) is 7.19. The summed E-state index contributed by atoms with van der Waals surface area (Å²) in [6, 6.07) is 2.00. The number of aryl methyl sites for hydroxylation is 2. The third-order valence-corrected chi connectivity index (χ3v) is 2.95. The first kappa shape index (κ1) is 12.4. The molecule has 1 aromatic carbocycles. The van der Waals surface area contributed by atoms with Crippen LogP contribution in [0.2, 0.25) is 10.0 Å². The maximum atomic E-state index is 5.97. The van der Waals surface area contributed by atoms with Gasteiger partial charge in [-0.05, 0) is 37.5 Å². The average molecular weight is 290 g/mol. The molecule has 0 bridgehead atoms.